The molecular weight excluding hydrogens is 419 g/mol. The zero-order valence-corrected chi connectivity index (χ0v) is 18.7. The van der Waals surface area contributed by atoms with Crippen LogP contribution in [0.4, 0.5) is 4.39 Å². The molecular formula is C26H27FN4O2. The molecule has 2 aliphatic heterocycles. The summed E-state index contributed by atoms with van der Waals surface area (Å²) in [6, 6.07) is 17.6. The van der Waals surface area contributed by atoms with Crippen LogP contribution in [0.3, 0.4) is 0 Å². The van der Waals surface area contributed by atoms with Gasteiger partial charge in [0.2, 0.25) is 5.91 Å². The normalized spacial score (nSPS) is 22.8. The van der Waals surface area contributed by atoms with E-state index in [4.69, 9.17) is 0 Å². The number of halogens is 1. The van der Waals surface area contributed by atoms with Gasteiger partial charge in [0.15, 0.2) is 0 Å². The number of hydrogen-bond donors (Lipinski definition) is 0. The Kier molecular flexibility index (Phi) is 5.48. The molecule has 5 rings (SSSR count). The van der Waals surface area contributed by atoms with Crippen molar-refractivity contribution in [3.63, 3.8) is 0 Å². The summed E-state index contributed by atoms with van der Waals surface area (Å²) in [4.78, 5) is 31.0. The van der Waals surface area contributed by atoms with Crippen LogP contribution in [0.2, 0.25) is 0 Å². The third-order valence-corrected chi connectivity index (χ3v) is 7.12. The van der Waals surface area contributed by atoms with Gasteiger partial charge in [-0.1, -0.05) is 30.3 Å². The molecule has 3 heterocycles. The molecule has 0 N–H and O–H groups in total. The fraction of sp³-hybridized carbons (Fsp3) is 0.346. The average Bonchev–Trinajstić information content (AvgIpc) is 3.41. The molecule has 0 aliphatic carbocycles. The molecule has 0 radical (unpaired) electrons. The van der Waals surface area contributed by atoms with Crippen LogP contribution in [-0.2, 0) is 18.4 Å². The number of amides is 2. The second-order valence-electron chi connectivity index (χ2n) is 9.10. The molecule has 1 aromatic heterocycles. The van der Waals surface area contributed by atoms with Crippen molar-refractivity contribution in [3.05, 3.63) is 89.5 Å². The maximum absolute atomic E-state index is 14.0. The first-order chi connectivity index (χ1) is 16.0. The van der Waals surface area contributed by atoms with Crippen molar-refractivity contribution in [1.82, 2.24) is 19.6 Å². The molecule has 33 heavy (non-hydrogen) atoms. The lowest BCUT2D eigenvalue weighted by molar-refractivity contribution is -0.147. The minimum atomic E-state index is -0.698. The Bertz CT molecular complexity index is 1160. The summed E-state index contributed by atoms with van der Waals surface area (Å²) >= 11 is 0. The second kappa shape index (κ2) is 8.46. The first kappa shape index (κ1) is 21.4. The zero-order chi connectivity index (χ0) is 23.0. The van der Waals surface area contributed by atoms with Gasteiger partial charge in [0, 0.05) is 56.6 Å². The Hall–Kier alpha value is -3.48. The maximum atomic E-state index is 14.0. The van der Waals surface area contributed by atoms with Crippen molar-refractivity contribution < 1.29 is 14.0 Å². The molecule has 3 aromatic rings. The quantitative estimate of drug-likeness (QED) is 0.615. The minimum absolute atomic E-state index is 0.0956. The van der Waals surface area contributed by atoms with Crippen molar-refractivity contribution in [2.75, 3.05) is 19.6 Å². The van der Waals surface area contributed by atoms with Crippen LogP contribution in [0, 0.1) is 11.2 Å². The first-order valence-corrected chi connectivity index (χ1v) is 11.3. The number of piperidine rings is 1. The predicted octanol–water partition coefficient (Wildman–Crippen LogP) is 3.61. The molecule has 170 valence electrons. The number of rotatable bonds is 4. The lowest BCUT2D eigenvalue weighted by Crippen LogP contribution is -2.52. The molecule has 0 saturated carbocycles. The molecule has 2 aliphatic rings. The number of aryl methyl sites for hydroxylation is 1. The average molecular weight is 447 g/mol. The number of hydrogen-bond acceptors (Lipinski definition) is 3. The summed E-state index contributed by atoms with van der Waals surface area (Å²) < 4.78 is 15.2. The monoisotopic (exact) mass is 446 g/mol. The number of carbonyl (C=O) groups is 2. The van der Waals surface area contributed by atoms with Gasteiger partial charge in [-0.05, 0) is 48.7 Å². The van der Waals surface area contributed by atoms with Gasteiger partial charge < -0.3 is 9.80 Å². The van der Waals surface area contributed by atoms with E-state index in [1.165, 1.54) is 24.3 Å². The lowest BCUT2D eigenvalue weighted by atomic mass is 9.70. The molecule has 2 aromatic carbocycles. The fourth-order valence-electron chi connectivity index (χ4n) is 5.48. The van der Waals surface area contributed by atoms with E-state index >= 15 is 0 Å². The van der Waals surface area contributed by atoms with Gasteiger partial charge in [-0.15, -0.1) is 0 Å². The van der Waals surface area contributed by atoms with Crippen LogP contribution in [0.15, 0.2) is 66.9 Å². The highest BCUT2D eigenvalue weighted by atomic mass is 19.1. The topological polar surface area (TPSA) is 58.4 Å². The fourth-order valence-corrected chi connectivity index (χ4v) is 5.48. The van der Waals surface area contributed by atoms with Gasteiger partial charge in [0.05, 0.1) is 5.41 Å². The van der Waals surface area contributed by atoms with Gasteiger partial charge in [0.1, 0.15) is 5.82 Å². The number of nitrogens with zero attached hydrogens (tertiary/aromatic N) is 4. The summed E-state index contributed by atoms with van der Waals surface area (Å²) in [5.74, 6) is -0.609. The highest BCUT2D eigenvalue weighted by Crippen LogP contribution is 2.49. The summed E-state index contributed by atoms with van der Waals surface area (Å²) in [7, 11) is 1.88. The second-order valence-corrected chi connectivity index (χ2v) is 9.10. The Labute approximate surface area is 192 Å². The Morgan fingerprint density at radius 3 is 2.58 bits per heavy atom. The number of carbonyl (C=O) groups excluding carboxylic acids is 2. The Balaban J connectivity index is 1.48. The Morgan fingerprint density at radius 1 is 1.12 bits per heavy atom. The van der Waals surface area contributed by atoms with E-state index < -0.39 is 5.41 Å². The first-order valence-electron chi connectivity index (χ1n) is 11.3. The summed E-state index contributed by atoms with van der Waals surface area (Å²) in [5, 5.41) is 4.34. The highest BCUT2D eigenvalue weighted by Gasteiger charge is 2.56. The predicted molar refractivity (Wildman–Crippen MR) is 122 cm³/mol. The smallest absolute Gasteiger partial charge is 0.253 e. The van der Waals surface area contributed by atoms with E-state index in [2.05, 4.69) is 5.10 Å². The van der Waals surface area contributed by atoms with E-state index in [1.807, 2.05) is 53.0 Å². The molecule has 2 amide bonds. The summed E-state index contributed by atoms with van der Waals surface area (Å²) in [5.41, 5.74) is 1.79. The molecule has 1 spiro atoms. The van der Waals surface area contributed by atoms with Gasteiger partial charge >= 0.3 is 0 Å². The molecule has 2 fully saturated rings. The van der Waals surface area contributed by atoms with Crippen LogP contribution in [0.25, 0.3) is 0 Å². The minimum Gasteiger partial charge on any atom is -0.338 e. The molecule has 0 unspecified atom stereocenters. The maximum Gasteiger partial charge on any atom is 0.253 e. The lowest BCUT2D eigenvalue weighted by Gasteiger charge is -2.42. The molecule has 0 bridgehead atoms. The van der Waals surface area contributed by atoms with Crippen LogP contribution < -0.4 is 0 Å². The van der Waals surface area contributed by atoms with Crippen molar-refractivity contribution >= 4 is 11.8 Å². The van der Waals surface area contributed by atoms with Gasteiger partial charge in [-0.2, -0.15) is 5.10 Å². The third-order valence-electron chi connectivity index (χ3n) is 7.12. The summed E-state index contributed by atoms with van der Waals surface area (Å²) in [6.45, 7) is 2.05. The van der Waals surface area contributed by atoms with Crippen LogP contribution >= 0.6 is 0 Å². The van der Waals surface area contributed by atoms with Crippen molar-refractivity contribution in [3.8, 4) is 0 Å². The number of aromatic nitrogens is 2. The van der Waals surface area contributed by atoms with E-state index in [1.54, 1.807) is 11.1 Å². The summed E-state index contributed by atoms with van der Waals surface area (Å²) in [6.07, 6.45) is 3.34. The standard InChI is InChI=1S/C26H27FN4O2/c1-29-23(12-14-28-29)22-17-31(24(32)20-8-10-21(27)11-9-20)18-26(22)13-5-15-30(25(26)33)16-19-6-3-2-4-7-19/h2-4,6-12,14,22H,5,13,15-18H2,1H3/t22-,26+/m0/s1. The van der Waals surface area contributed by atoms with E-state index in [0.717, 1.165) is 24.1 Å². The molecule has 2 saturated heterocycles. The van der Waals surface area contributed by atoms with E-state index in [-0.39, 0.29) is 23.5 Å². The van der Waals surface area contributed by atoms with Crippen molar-refractivity contribution in [2.24, 2.45) is 12.5 Å². The number of likely N-dealkylation sites (tertiary alicyclic amines) is 2. The van der Waals surface area contributed by atoms with E-state index in [9.17, 15) is 14.0 Å². The van der Waals surface area contributed by atoms with Crippen LogP contribution in [-0.4, -0.2) is 51.0 Å². The van der Waals surface area contributed by atoms with E-state index in [0.29, 0.717) is 31.7 Å². The molecule has 6 nitrogen and oxygen atoms in total. The molecule has 7 heteroatoms. The van der Waals surface area contributed by atoms with Gasteiger partial charge in [0.25, 0.3) is 5.91 Å². The van der Waals surface area contributed by atoms with Crippen molar-refractivity contribution in [2.45, 2.75) is 25.3 Å². The largest absolute Gasteiger partial charge is 0.338 e. The molecule has 2 atom stereocenters. The van der Waals surface area contributed by atoms with Crippen LogP contribution in [0.5, 0.6) is 0 Å². The number of benzene rings is 2. The van der Waals surface area contributed by atoms with Gasteiger partial charge in [-0.3, -0.25) is 14.3 Å². The van der Waals surface area contributed by atoms with Gasteiger partial charge in [-0.25, -0.2) is 4.39 Å². The van der Waals surface area contributed by atoms with Crippen LogP contribution in [0.1, 0.15) is 40.4 Å². The van der Waals surface area contributed by atoms with Crippen molar-refractivity contribution in [1.29, 1.82) is 0 Å². The third kappa shape index (κ3) is 3.81. The Morgan fingerprint density at radius 2 is 1.88 bits per heavy atom. The zero-order valence-electron chi connectivity index (χ0n) is 18.7. The SMILES string of the molecule is Cn1nccc1[C@@H]1CN(C(=O)c2ccc(F)cc2)C[C@]12CCCN(Cc1ccccc1)C2=O. The highest BCUT2D eigenvalue weighted by molar-refractivity contribution is 5.96.